The molecule has 0 aliphatic carbocycles. The van der Waals surface area contributed by atoms with E-state index in [0.29, 0.717) is 0 Å². The van der Waals surface area contributed by atoms with E-state index in [2.05, 4.69) is 15.9 Å². The molecule has 0 heterocycles. The summed E-state index contributed by atoms with van der Waals surface area (Å²) in [6.07, 6.45) is 0.852. The van der Waals surface area contributed by atoms with Gasteiger partial charge in [0.25, 0.3) is 0 Å². The van der Waals surface area contributed by atoms with Gasteiger partial charge in [-0.25, -0.2) is 0 Å². The molecule has 2 unspecified atom stereocenters. The van der Waals surface area contributed by atoms with Crippen LogP contribution in [0.25, 0.3) is 0 Å². The first kappa shape index (κ1) is 14.2. The first-order chi connectivity index (χ1) is 8.15. The summed E-state index contributed by atoms with van der Waals surface area (Å²) >= 11 is 3.36. The maximum Gasteiger partial charge on any atom is 0.324 e. The molecule has 0 N–H and O–H groups in total. The van der Waals surface area contributed by atoms with Gasteiger partial charge >= 0.3 is 5.97 Å². The van der Waals surface area contributed by atoms with Crippen LogP contribution in [0.1, 0.15) is 35.4 Å². The molecule has 0 spiro atoms. The van der Waals surface area contributed by atoms with Gasteiger partial charge in [-0.15, -0.1) is 0 Å². The number of rotatable bonds is 5. The van der Waals surface area contributed by atoms with Crippen LogP contribution >= 0.6 is 15.9 Å². The molecule has 0 radical (unpaired) electrons. The Morgan fingerprint density at radius 3 is 2.35 bits per heavy atom. The Balaban J connectivity index is 3.10. The minimum absolute atomic E-state index is 0.00379. The van der Waals surface area contributed by atoms with Crippen molar-refractivity contribution < 1.29 is 14.3 Å². The number of alkyl halides is 1. The van der Waals surface area contributed by atoms with E-state index in [-0.39, 0.29) is 12.1 Å². The Labute approximate surface area is 110 Å². The molecule has 1 rings (SSSR count). The standard InChI is InChI=1S/C13H17BrO3/c1-4-11(16-2)9-7-5-6-8-10(9)12(14)13(15)17-3/h5-8,11-12H,4H2,1-3H3. The van der Waals surface area contributed by atoms with Crippen molar-refractivity contribution in [2.45, 2.75) is 24.3 Å². The zero-order chi connectivity index (χ0) is 12.8. The summed E-state index contributed by atoms with van der Waals surface area (Å²) in [6.45, 7) is 2.05. The Morgan fingerprint density at radius 1 is 1.29 bits per heavy atom. The van der Waals surface area contributed by atoms with Crippen molar-refractivity contribution in [3.8, 4) is 0 Å². The predicted octanol–water partition coefficient (Wildman–Crippen LogP) is 3.39. The molecule has 0 saturated heterocycles. The van der Waals surface area contributed by atoms with Crippen molar-refractivity contribution in [2.75, 3.05) is 14.2 Å². The molecule has 1 aromatic carbocycles. The normalized spacial score (nSPS) is 14.1. The van der Waals surface area contributed by atoms with E-state index in [0.717, 1.165) is 17.5 Å². The molecule has 0 aromatic heterocycles. The van der Waals surface area contributed by atoms with Gasteiger partial charge in [-0.2, -0.15) is 0 Å². The molecule has 0 fully saturated rings. The summed E-state index contributed by atoms with van der Waals surface area (Å²) in [7, 11) is 3.05. The number of carbonyl (C=O) groups excluding carboxylic acids is 1. The third-order valence-electron chi connectivity index (χ3n) is 2.68. The van der Waals surface area contributed by atoms with Gasteiger partial charge in [0.05, 0.1) is 13.2 Å². The number of halogens is 1. The van der Waals surface area contributed by atoms with Crippen LogP contribution in [0.4, 0.5) is 0 Å². The van der Waals surface area contributed by atoms with Gasteiger partial charge in [-0.05, 0) is 17.5 Å². The lowest BCUT2D eigenvalue weighted by Crippen LogP contribution is -2.12. The average molecular weight is 301 g/mol. The van der Waals surface area contributed by atoms with Crippen LogP contribution < -0.4 is 0 Å². The lowest BCUT2D eigenvalue weighted by atomic mass is 9.98. The van der Waals surface area contributed by atoms with E-state index in [1.165, 1.54) is 7.11 Å². The topological polar surface area (TPSA) is 35.5 Å². The van der Waals surface area contributed by atoms with Crippen molar-refractivity contribution in [2.24, 2.45) is 0 Å². The number of hydrogen-bond acceptors (Lipinski definition) is 3. The smallest absolute Gasteiger partial charge is 0.324 e. The molecular weight excluding hydrogens is 284 g/mol. The number of carbonyl (C=O) groups is 1. The summed E-state index contributed by atoms with van der Waals surface area (Å²) in [5.41, 5.74) is 1.91. The molecule has 94 valence electrons. The summed E-state index contributed by atoms with van der Waals surface area (Å²) < 4.78 is 10.2. The fourth-order valence-electron chi connectivity index (χ4n) is 1.78. The number of esters is 1. The van der Waals surface area contributed by atoms with E-state index in [4.69, 9.17) is 9.47 Å². The number of hydrogen-bond donors (Lipinski definition) is 0. The molecule has 0 aliphatic heterocycles. The van der Waals surface area contributed by atoms with Gasteiger partial charge < -0.3 is 9.47 Å². The zero-order valence-electron chi connectivity index (χ0n) is 10.3. The minimum atomic E-state index is -0.451. The van der Waals surface area contributed by atoms with Gasteiger partial charge in [0, 0.05) is 7.11 Å². The maximum atomic E-state index is 11.6. The van der Waals surface area contributed by atoms with Gasteiger partial charge in [-0.1, -0.05) is 47.1 Å². The third kappa shape index (κ3) is 3.30. The molecular formula is C13H17BrO3. The van der Waals surface area contributed by atoms with Crippen LogP contribution in [0.15, 0.2) is 24.3 Å². The van der Waals surface area contributed by atoms with E-state index < -0.39 is 4.83 Å². The SMILES string of the molecule is CCC(OC)c1ccccc1C(Br)C(=O)OC. The van der Waals surface area contributed by atoms with Crippen LogP contribution in [-0.2, 0) is 14.3 Å². The van der Waals surface area contributed by atoms with Gasteiger partial charge in [0.15, 0.2) is 0 Å². The van der Waals surface area contributed by atoms with Crippen LogP contribution in [0.3, 0.4) is 0 Å². The van der Waals surface area contributed by atoms with E-state index in [1.807, 2.05) is 31.2 Å². The largest absolute Gasteiger partial charge is 0.468 e. The van der Waals surface area contributed by atoms with Gasteiger partial charge in [-0.3, -0.25) is 4.79 Å². The van der Waals surface area contributed by atoms with Crippen LogP contribution in [0.2, 0.25) is 0 Å². The lowest BCUT2D eigenvalue weighted by Gasteiger charge is -2.19. The number of methoxy groups -OCH3 is 2. The number of benzene rings is 1. The molecule has 17 heavy (non-hydrogen) atoms. The van der Waals surface area contributed by atoms with E-state index >= 15 is 0 Å². The van der Waals surface area contributed by atoms with Crippen LogP contribution in [-0.4, -0.2) is 20.2 Å². The molecule has 0 amide bonds. The molecule has 4 heteroatoms. The highest BCUT2D eigenvalue weighted by Gasteiger charge is 2.23. The maximum absolute atomic E-state index is 11.6. The minimum Gasteiger partial charge on any atom is -0.468 e. The Kier molecular flexibility index (Phi) is 5.65. The number of ether oxygens (including phenoxy) is 2. The highest BCUT2D eigenvalue weighted by atomic mass is 79.9. The van der Waals surface area contributed by atoms with Crippen molar-refractivity contribution in [1.82, 2.24) is 0 Å². The highest BCUT2D eigenvalue weighted by molar-refractivity contribution is 9.09. The Hall–Kier alpha value is -0.870. The third-order valence-corrected chi connectivity index (χ3v) is 3.55. The first-order valence-electron chi connectivity index (χ1n) is 5.49. The zero-order valence-corrected chi connectivity index (χ0v) is 11.9. The first-order valence-corrected chi connectivity index (χ1v) is 6.40. The molecule has 2 atom stereocenters. The average Bonchev–Trinajstić information content (AvgIpc) is 2.39. The second kappa shape index (κ2) is 6.77. The summed E-state index contributed by atoms with van der Waals surface area (Å²) in [4.78, 5) is 11.1. The lowest BCUT2D eigenvalue weighted by molar-refractivity contribution is -0.139. The fraction of sp³-hybridized carbons (Fsp3) is 0.462. The van der Waals surface area contributed by atoms with Crippen LogP contribution in [0, 0.1) is 0 Å². The molecule has 0 bridgehead atoms. The summed E-state index contributed by atoms with van der Waals surface area (Å²) in [5.74, 6) is -0.302. The van der Waals surface area contributed by atoms with E-state index in [1.54, 1.807) is 7.11 Å². The molecule has 0 saturated carbocycles. The fourth-order valence-corrected chi connectivity index (χ4v) is 2.38. The van der Waals surface area contributed by atoms with E-state index in [9.17, 15) is 4.79 Å². The second-order valence-corrected chi connectivity index (χ2v) is 4.56. The molecule has 1 aromatic rings. The highest BCUT2D eigenvalue weighted by Crippen LogP contribution is 2.32. The summed E-state index contributed by atoms with van der Waals surface area (Å²) in [6, 6.07) is 7.73. The van der Waals surface area contributed by atoms with Gasteiger partial charge in [0.2, 0.25) is 0 Å². The summed E-state index contributed by atoms with van der Waals surface area (Å²) in [5, 5.41) is 0. The van der Waals surface area contributed by atoms with Gasteiger partial charge in [0.1, 0.15) is 4.83 Å². The second-order valence-electron chi connectivity index (χ2n) is 3.65. The Bertz CT molecular complexity index is 375. The van der Waals surface area contributed by atoms with Crippen molar-refractivity contribution in [3.05, 3.63) is 35.4 Å². The van der Waals surface area contributed by atoms with Crippen molar-refractivity contribution >= 4 is 21.9 Å². The monoisotopic (exact) mass is 300 g/mol. The van der Waals surface area contributed by atoms with Crippen molar-refractivity contribution in [1.29, 1.82) is 0 Å². The molecule has 3 nitrogen and oxygen atoms in total. The van der Waals surface area contributed by atoms with Crippen LogP contribution in [0.5, 0.6) is 0 Å². The van der Waals surface area contributed by atoms with Crippen molar-refractivity contribution in [3.63, 3.8) is 0 Å². The Morgan fingerprint density at radius 2 is 1.88 bits per heavy atom. The quantitative estimate of drug-likeness (QED) is 0.618. The molecule has 0 aliphatic rings. The predicted molar refractivity (Wildman–Crippen MR) is 70.2 cm³/mol.